The van der Waals surface area contributed by atoms with Crippen LogP contribution in [0.5, 0.6) is 0 Å². The number of hydroxylamine groups is 2. The van der Waals surface area contributed by atoms with Crippen LogP contribution < -0.4 is 11.1 Å². The lowest BCUT2D eigenvalue weighted by molar-refractivity contribution is -0.0829. The van der Waals surface area contributed by atoms with Gasteiger partial charge in [-0.1, -0.05) is 42.3 Å². The van der Waals surface area contributed by atoms with E-state index in [0.29, 0.717) is 34.8 Å². The van der Waals surface area contributed by atoms with Crippen LogP contribution in [0, 0.1) is 18.8 Å². The molecule has 10 nitrogen and oxygen atoms in total. The Labute approximate surface area is 226 Å². The van der Waals surface area contributed by atoms with Crippen molar-refractivity contribution in [3.63, 3.8) is 0 Å². The number of benzene rings is 2. The molecule has 0 radical (unpaired) electrons. The Morgan fingerprint density at radius 2 is 1.97 bits per heavy atom. The quantitative estimate of drug-likeness (QED) is 0.392. The summed E-state index contributed by atoms with van der Waals surface area (Å²) in [6, 6.07) is 15.3. The van der Waals surface area contributed by atoms with Gasteiger partial charge in [0.1, 0.15) is 17.8 Å². The maximum atomic E-state index is 13.1. The largest absolute Gasteiger partial charge is 0.383 e. The molecule has 6 rings (SSSR count). The molecule has 0 aliphatic carbocycles. The van der Waals surface area contributed by atoms with Gasteiger partial charge in [0.15, 0.2) is 5.65 Å². The third-order valence-corrected chi connectivity index (χ3v) is 7.32. The van der Waals surface area contributed by atoms with Crippen LogP contribution in [0.4, 0.5) is 16.3 Å². The van der Waals surface area contributed by atoms with Crippen LogP contribution in [0.1, 0.15) is 47.3 Å². The first-order chi connectivity index (χ1) is 19.0. The Kier molecular flexibility index (Phi) is 6.60. The molecule has 0 saturated carbocycles. The molecule has 2 aromatic carbocycles. The van der Waals surface area contributed by atoms with Gasteiger partial charge in [-0.3, -0.25) is 4.84 Å². The van der Waals surface area contributed by atoms with E-state index in [1.54, 1.807) is 0 Å². The van der Waals surface area contributed by atoms with E-state index in [-0.39, 0.29) is 18.1 Å². The van der Waals surface area contributed by atoms with Gasteiger partial charge in [0.2, 0.25) is 0 Å². The van der Waals surface area contributed by atoms with Crippen LogP contribution in [0.2, 0.25) is 0 Å². The fourth-order valence-electron chi connectivity index (χ4n) is 5.24. The molecule has 198 valence electrons. The fraction of sp³-hybridized carbons (Fsp3) is 0.310. The number of likely N-dealkylation sites (N-methyl/N-ethyl adjacent to an activating group) is 1. The number of carbonyl (C=O) groups is 1. The minimum absolute atomic E-state index is 0.133. The maximum Gasteiger partial charge on any atom is 0.346 e. The number of aryl methyl sites for hydroxylation is 1. The molecule has 2 aromatic heterocycles. The standard InChI is InChI=1S/C29H30N8O2/c1-19-8-10-22(33-29(38)37-25(13-15-39-37)20-6-4-3-5-7-20)16-21(19)9-11-24-26-27(30)31-18-32-28(26)36(34-24)23-12-14-35(2)17-23/h3-8,10,16,18,23,25H,12-15,17H2,1-2H3,(H,33,38)(H2,30,31,32)/t23-,25-/m1/s1. The number of hydrogen-bond donors (Lipinski definition) is 2. The van der Waals surface area contributed by atoms with Crippen molar-refractivity contribution in [2.75, 3.05) is 37.8 Å². The lowest BCUT2D eigenvalue weighted by Crippen LogP contribution is -2.33. The number of likely N-dealkylation sites (tertiary alicyclic amines) is 1. The van der Waals surface area contributed by atoms with Crippen molar-refractivity contribution in [3.8, 4) is 11.8 Å². The predicted molar refractivity (Wildman–Crippen MR) is 149 cm³/mol. The summed E-state index contributed by atoms with van der Waals surface area (Å²) in [5.41, 5.74) is 10.9. The summed E-state index contributed by atoms with van der Waals surface area (Å²) >= 11 is 0. The monoisotopic (exact) mass is 522 g/mol. The molecule has 2 aliphatic heterocycles. The Morgan fingerprint density at radius 1 is 1.13 bits per heavy atom. The van der Waals surface area contributed by atoms with Crippen molar-refractivity contribution >= 4 is 28.6 Å². The summed E-state index contributed by atoms with van der Waals surface area (Å²) in [6.07, 6.45) is 3.19. The minimum Gasteiger partial charge on any atom is -0.383 e. The molecule has 3 N–H and O–H groups in total. The normalized spacial score (nSPS) is 19.3. The van der Waals surface area contributed by atoms with Crippen LogP contribution in [-0.2, 0) is 4.84 Å². The summed E-state index contributed by atoms with van der Waals surface area (Å²) < 4.78 is 1.93. The number of nitrogens with one attached hydrogen (secondary N) is 1. The van der Waals surface area contributed by atoms with Crippen molar-refractivity contribution < 1.29 is 9.63 Å². The number of urea groups is 1. The van der Waals surface area contributed by atoms with E-state index in [1.807, 2.05) is 60.1 Å². The van der Waals surface area contributed by atoms with E-state index in [2.05, 4.69) is 39.1 Å². The molecule has 4 heterocycles. The average molecular weight is 523 g/mol. The van der Waals surface area contributed by atoms with Gasteiger partial charge in [0.25, 0.3) is 0 Å². The average Bonchev–Trinajstić information content (AvgIpc) is 3.68. The molecule has 2 amide bonds. The molecule has 2 atom stereocenters. The van der Waals surface area contributed by atoms with Gasteiger partial charge in [-0.05, 0) is 49.6 Å². The SMILES string of the molecule is Cc1ccc(NC(=O)N2OCC[C@@H]2c2ccccc2)cc1C#Cc1nn([C@@H]2CCN(C)C2)c2ncnc(N)c12. The van der Waals surface area contributed by atoms with E-state index in [4.69, 9.17) is 15.7 Å². The molecule has 10 heteroatoms. The van der Waals surface area contributed by atoms with E-state index >= 15 is 0 Å². The molecule has 2 saturated heterocycles. The van der Waals surface area contributed by atoms with Crippen LogP contribution in [0.3, 0.4) is 0 Å². The Bertz CT molecular complexity index is 1590. The molecule has 2 aliphatic rings. The number of aromatic nitrogens is 4. The first kappa shape index (κ1) is 24.9. The molecular formula is C29H30N8O2. The number of fused-ring (bicyclic) bond motifs is 1. The van der Waals surface area contributed by atoms with E-state index in [0.717, 1.165) is 42.6 Å². The van der Waals surface area contributed by atoms with Crippen molar-refractivity contribution in [2.45, 2.75) is 31.8 Å². The molecule has 0 bridgehead atoms. The number of hydrogen-bond acceptors (Lipinski definition) is 7. The van der Waals surface area contributed by atoms with Gasteiger partial charge in [-0.15, -0.1) is 0 Å². The number of carbonyl (C=O) groups excluding carboxylic acids is 1. The number of nitrogen functional groups attached to an aromatic ring is 1. The molecule has 2 fully saturated rings. The molecule has 0 spiro atoms. The third-order valence-electron chi connectivity index (χ3n) is 7.32. The van der Waals surface area contributed by atoms with Gasteiger partial charge in [-0.25, -0.2) is 19.4 Å². The third kappa shape index (κ3) is 4.90. The molecular weight excluding hydrogens is 492 g/mol. The number of rotatable bonds is 3. The zero-order valence-electron chi connectivity index (χ0n) is 22.0. The second kappa shape index (κ2) is 10.4. The van der Waals surface area contributed by atoms with E-state index in [9.17, 15) is 4.79 Å². The van der Waals surface area contributed by atoms with Gasteiger partial charge < -0.3 is 16.0 Å². The maximum absolute atomic E-state index is 13.1. The number of nitrogens with two attached hydrogens (primary N) is 1. The molecule has 4 aromatic rings. The minimum atomic E-state index is -0.319. The number of anilines is 2. The first-order valence-corrected chi connectivity index (χ1v) is 13.1. The van der Waals surface area contributed by atoms with Gasteiger partial charge in [0.05, 0.1) is 24.1 Å². The zero-order valence-corrected chi connectivity index (χ0v) is 22.0. The second-order valence-electron chi connectivity index (χ2n) is 10.0. The number of amides is 2. The Hall–Kier alpha value is -4.46. The summed E-state index contributed by atoms with van der Waals surface area (Å²) in [5, 5.41) is 9.86. The molecule has 0 unspecified atom stereocenters. The van der Waals surface area contributed by atoms with E-state index < -0.39 is 0 Å². The predicted octanol–water partition coefficient (Wildman–Crippen LogP) is 3.90. The lowest BCUT2D eigenvalue weighted by Gasteiger charge is -2.23. The van der Waals surface area contributed by atoms with Crippen LogP contribution in [0.15, 0.2) is 54.9 Å². The summed E-state index contributed by atoms with van der Waals surface area (Å²) in [4.78, 5) is 29.7. The van der Waals surface area contributed by atoms with Gasteiger partial charge >= 0.3 is 6.03 Å². The van der Waals surface area contributed by atoms with E-state index in [1.165, 1.54) is 11.4 Å². The summed E-state index contributed by atoms with van der Waals surface area (Å²) in [7, 11) is 2.10. The summed E-state index contributed by atoms with van der Waals surface area (Å²) in [5.74, 6) is 6.80. The fourth-order valence-corrected chi connectivity index (χ4v) is 5.24. The highest BCUT2D eigenvalue weighted by molar-refractivity contribution is 5.91. The van der Waals surface area contributed by atoms with Crippen molar-refractivity contribution in [2.24, 2.45) is 0 Å². The first-order valence-electron chi connectivity index (χ1n) is 13.1. The smallest absolute Gasteiger partial charge is 0.346 e. The van der Waals surface area contributed by atoms with Gasteiger partial charge in [-0.2, -0.15) is 10.2 Å². The second-order valence-corrected chi connectivity index (χ2v) is 10.0. The summed E-state index contributed by atoms with van der Waals surface area (Å²) in [6.45, 7) is 4.36. The van der Waals surface area contributed by atoms with Gasteiger partial charge in [0, 0.05) is 30.8 Å². The highest BCUT2D eigenvalue weighted by atomic mass is 16.7. The van der Waals surface area contributed by atoms with Crippen molar-refractivity contribution in [1.29, 1.82) is 0 Å². The topological polar surface area (TPSA) is 114 Å². The van der Waals surface area contributed by atoms with Crippen LogP contribution in [0.25, 0.3) is 11.0 Å². The Morgan fingerprint density at radius 3 is 2.77 bits per heavy atom. The lowest BCUT2D eigenvalue weighted by atomic mass is 10.1. The van der Waals surface area contributed by atoms with Crippen LogP contribution in [-0.4, -0.2) is 62.5 Å². The van der Waals surface area contributed by atoms with Crippen LogP contribution >= 0.6 is 0 Å². The molecule has 39 heavy (non-hydrogen) atoms. The van der Waals surface area contributed by atoms with Crippen molar-refractivity contribution in [1.82, 2.24) is 29.7 Å². The van der Waals surface area contributed by atoms with Crippen molar-refractivity contribution in [3.05, 3.63) is 77.2 Å². The highest BCUT2D eigenvalue weighted by Crippen LogP contribution is 2.31. The zero-order chi connectivity index (χ0) is 26.9. The highest BCUT2D eigenvalue weighted by Gasteiger charge is 2.32. The Balaban J connectivity index is 1.27. The number of nitrogens with zero attached hydrogens (tertiary/aromatic N) is 6.